The van der Waals surface area contributed by atoms with Crippen molar-refractivity contribution in [3.8, 4) is 6.07 Å². The molecule has 1 aromatic carbocycles. The van der Waals surface area contributed by atoms with Crippen LogP contribution in [0.4, 0.5) is 0 Å². The largest absolute Gasteiger partial charge is 0.323 e. The second-order valence-corrected chi connectivity index (χ2v) is 4.96. The van der Waals surface area contributed by atoms with E-state index in [0.29, 0.717) is 6.54 Å². The van der Waals surface area contributed by atoms with E-state index in [4.69, 9.17) is 5.26 Å². The number of aryl methyl sites for hydroxylation is 2. The Labute approximate surface area is 108 Å². The first-order chi connectivity index (χ1) is 8.63. The number of piperidine rings is 1. The normalized spacial score (nSPS) is 19.4. The summed E-state index contributed by atoms with van der Waals surface area (Å²) in [5.74, 6) is 0.00227. The lowest BCUT2D eigenvalue weighted by Gasteiger charge is -2.31. The summed E-state index contributed by atoms with van der Waals surface area (Å²) >= 11 is 0. The van der Waals surface area contributed by atoms with E-state index in [0.717, 1.165) is 36.0 Å². The highest BCUT2D eigenvalue weighted by Crippen LogP contribution is 2.21. The summed E-state index contributed by atoms with van der Waals surface area (Å²) in [6.07, 6.45) is 2.83. The third kappa shape index (κ3) is 2.38. The van der Waals surface area contributed by atoms with Gasteiger partial charge in [-0.3, -0.25) is 4.79 Å². The Hall–Kier alpha value is -1.82. The zero-order valence-corrected chi connectivity index (χ0v) is 10.9. The first kappa shape index (κ1) is 12.6. The molecule has 0 bridgehead atoms. The zero-order valence-electron chi connectivity index (χ0n) is 10.9. The van der Waals surface area contributed by atoms with Crippen molar-refractivity contribution in [3.63, 3.8) is 0 Å². The molecule has 3 nitrogen and oxygen atoms in total. The van der Waals surface area contributed by atoms with Crippen molar-refractivity contribution in [1.29, 1.82) is 5.26 Å². The number of carbonyl (C=O) groups is 1. The molecule has 2 rings (SSSR count). The number of amides is 1. The monoisotopic (exact) mass is 242 g/mol. The molecule has 0 aliphatic carbocycles. The van der Waals surface area contributed by atoms with Crippen LogP contribution in [0.25, 0.3) is 0 Å². The Morgan fingerprint density at radius 3 is 2.89 bits per heavy atom. The summed E-state index contributed by atoms with van der Waals surface area (Å²) in [5, 5.41) is 9.14. The maximum Gasteiger partial charge on any atom is 0.255 e. The first-order valence-electron chi connectivity index (χ1n) is 6.41. The van der Waals surface area contributed by atoms with Crippen LogP contribution in [0.15, 0.2) is 18.2 Å². The lowest BCUT2D eigenvalue weighted by Crippen LogP contribution is -2.43. The number of nitriles is 1. The molecule has 1 atom stereocenters. The van der Waals surface area contributed by atoms with Gasteiger partial charge < -0.3 is 4.90 Å². The van der Waals surface area contributed by atoms with Crippen molar-refractivity contribution in [2.24, 2.45) is 0 Å². The van der Waals surface area contributed by atoms with Crippen LogP contribution < -0.4 is 0 Å². The third-order valence-corrected chi connectivity index (χ3v) is 3.54. The second kappa shape index (κ2) is 5.22. The molecule has 0 aromatic heterocycles. The molecular weight excluding hydrogens is 224 g/mol. The molecule has 3 heteroatoms. The third-order valence-electron chi connectivity index (χ3n) is 3.54. The zero-order chi connectivity index (χ0) is 13.1. The van der Waals surface area contributed by atoms with Crippen LogP contribution in [0.3, 0.4) is 0 Å². The second-order valence-electron chi connectivity index (χ2n) is 4.96. The molecule has 1 unspecified atom stereocenters. The van der Waals surface area contributed by atoms with E-state index in [-0.39, 0.29) is 11.9 Å². The smallest absolute Gasteiger partial charge is 0.255 e. The average molecular weight is 242 g/mol. The van der Waals surface area contributed by atoms with Gasteiger partial charge in [0.05, 0.1) is 6.07 Å². The molecule has 0 spiro atoms. The molecule has 1 amide bonds. The molecule has 1 saturated heterocycles. The van der Waals surface area contributed by atoms with Crippen LogP contribution in [-0.4, -0.2) is 23.4 Å². The Morgan fingerprint density at radius 2 is 2.17 bits per heavy atom. The Balaban J connectivity index is 2.30. The van der Waals surface area contributed by atoms with Gasteiger partial charge in [-0.1, -0.05) is 17.7 Å². The average Bonchev–Trinajstić information content (AvgIpc) is 2.40. The van der Waals surface area contributed by atoms with Gasteiger partial charge in [0.25, 0.3) is 5.91 Å². The summed E-state index contributed by atoms with van der Waals surface area (Å²) in [7, 11) is 0. The number of carbonyl (C=O) groups excluding carboxylic acids is 1. The van der Waals surface area contributed by atoms with E-state index in [9.17, 15) is 4.79 Å². The van der Waals surface area contributed by atoms with Gasteiger partial charge in [-0.05, 0) is 44.7 Å². The molecule has 1 heterocycles. The van der Waals surface area contributed by atoms with Crippen LogP contribution >= 0.6 is 0 Å². The van der Waals surface area contributed by atoms with E-state index < -0.39 is 0 Å². The predicted octanol–water partition coefficient (Wildman–Crippen LogP) is 2.82. The van der Waals surface area contributed by atoms with Gasteiger partial charge in [0.2, 0.25) is 0 Å². The number of hydrogen-bond acceptors (Lipinski definition) is 2. The number of nitrogens with zero attached hydrogens (tertiary/aromatic N) is 2. The maximum atomic E-state index is 12.5. The Bertz CT molecular complexity index is 502. The van der Waals surface area contributed by atoms with E-state index >= 15 is 0 Å². The predicted molar refractivity (Wildman–Crippen MR) is 70.2 cm³/mol. The molecule has 1 fully saturated rings. The summed E-state index contributed by atoms with van der Waals surface area (Å²) in [6, 6.07) is 7.87. The van der Waals surface area contributed by atoms with E-state index in [1.165, 1.54) is 0 Å². The van der Waals surface area contributed by atoms with E-state index in [1.54, 1.807) is 4.90 Å². The summed E-state index contributed by atoms with van der Waals surface area (Å²) in [4.78, 5) is 14.2. The van der Waals surface area contributed by atoms with Crippen LogP contribution in [-0.2, 0) is 0 Å². The quantitative estimate of drug-likeness (QED) is 0.760. The van der Waals surface area contributed by atoms with Gasteiger partial charge in [-0.25, -0.2) is 0 Å². The van der Waals surface area contributed by atoms with Crippen LogP contribution in [0.1, 0.15) is 40.7 Å². The van der Waals surface area contributed by atoms with Crippen molar-refractivity contribution in [2.45, 2.75) is 39.2 Å². The topological polar surface area (TPSA) is 44.1 Å². The fourth-order valence-electron chi connectivity index (χ4n) is 2.43. The lowest BCUT2D eigenvalue weighted by atomic mass is 9.99. The van der Waals surface area contributed by atoms with Gasteiger partial charge in [0, 0.05) is 12.1 Å². The molecule has 94 valence electrons. The van der Waals surface area contributed by atoms with E-state index in [1.807, 2.05) is 32.0 Å². The van der Waals surface area contributed by atoms with Crippen LogP contribution in [0.2, 0.25) is 0 Å². The highest BCUT2D eigenvalue weighted by atomic mass is 16.2. The summed E-state index contributed by atoms with van der Waals surface area (Å²) in [5.41, 5.74) is 2.79. The van der Waals surface area contributed by atoms with Crippen molar-refractivity contribution in [3.05, 3.63) is 34.9 Å². The highest BCUT2D eigenvalue weighted by Gasteiger charge is 2.27. The van der Waals surface area contributed by atoms with Gasteiger partial charge in [0.15, 0.2) is 0 Å². The number of hydrogen-bond donors (Lipinski definition) is 0. The fourth-order valence-corrected chi connectivity index (χ4v) is 2.43. The summed E-state index contributed by atoms with van der Waals surface area (Å²) < 4.78 is 0. The van der Waals surface area contributed by atoms with Crippen LogP contribution in [0, 0.1) is 25.2 Å². The lowest BCUT2D eigenvalue weighted by molar-refractivity contribution is 0.0670. The fraction of sp³-hybridized carbons (Fsp3) is 0.467. The van der Waals surface area contributed by atoms with Gasteiger partial charge >= 0.3 is 0 Å². The van der Waals surface area contributed by atoms with E-state index in [2.05, 4.69) is 6.07 Å². The van der Waals surface area contributed by atoms with Crippen LogP contribution in [0.5, 0.6) is 0 Å². The Morgan fingerprint density at radius 1 is 1.39 bits per heavy atom. The molecule has 0 saturated carbocycles. The van der Waals surface area contributed by atoms with Crippen molar-refractivity contribution in [2.75, 3.05) is 6.54 Å². The van der Waals surface area contributed by atoms with Gasteiger partial charge in [-0.2, -0.15) is 5.26 Å². The number of likely N-dealkylation sites (tertiary alicyclic amines) is 1. The minimum absolute atomic E-state index is 0.00227. The standard InChI is InChI=1S/C15H18N2O/c1-11-6-7-12(2)14(9-11)15(18)17-8-4-3-5-13(17)10-16/h6-7,9,13H,3-5,8H2,1-2H3. The summed E-state index contributed by atoms with van der Waals surface area (Å²) in [6.45, 7) is 4.62. The first-order valence-corrected chi connectivity index (χ1v) is 6.41. The molecule has 1 aromatic rings. The van der Waals surface area contributed by atoms with Crippen molar-refractivity contribution >= 4 is 5.91 Å². The Kier molecular flexibility index (Phi) is 3.66. The minimum atomic E-state index is -0.258. The molecule has 1 aliphatic heterocycles. The van der Waals surface area contributed by atoms with Crippen molar-refractivity contribution in [1.82, 2.24) is 4.90 Å². The van der Waals surface area contributed by atoms with Crippen molar-refractivity contribution < 1.29 is 4.79 Å². The SMILES string of the molecule is Cc1ccc(C)c(C(=O)N2CCCCC2C#N)c1. The highest BCUT2D eigenvalue weighted by molar-refractivity contribution is 5.96. The maximum absolute atomic E-state index is 12.5. The molecular formula is C15H18N2O. The number of rotatable bonds is 1. The molecule has 0 radical (unpaired) electrons. The molecule has 0 N–H and O–H groups in total. The van der Waals surface area contributed by atoms with Gasteiger partial charge in [0.1, 0.15) is 6.04 Å². The molecule has 1 aliphatic rings. The van der Waals surface area contributed by atoms with Gasteiger partial charge in [-0.15, -0.1) is 0 Å². The molecule has 18 heavy (non-hydrogen) atoms. The number of benzene rings is 1. The minimum Gasteiger partial charge on any atom is -0.323 e.